The molecule has 4 aromatic rings. The van der Waals surface area contributed by atoms with Crippen LogP contribution in [-0.4, -0.2) is 27.7 Å². The van der Waals surface area contributed by atoms with Crippen molar-refractivity contribution < 1.29 is 14.3 Å². The van der Waals surface area contributed by atoms with E-state index in [1.165, 1.54) is 29.9 Å². The summed E-state index contributed by atoms with van der Waals surface area (Å²) in [5.41, 5.74) is 1.29. The van der Waals surface area contributed by atoms with Gasteiger partial charge in [0.15, 0.2) is 17.3 Å². The highest BCUT2D eigenvalue weighted by molar-refractivity contribution is 9.10. The summed E-state index contributed by atoms with van der Waals surface area (Å²) >= 11 is 4.72. The Hall–Kier alpha value is -3.04. The van der Waals surface area contributed by atoms with Crippen molar-refractivity contribution in [1.29, 1.82) is 0 Å². The molecular weight excluding hydrogens is 458 g/mol. The van der Waals surface area contributed by atoms with E-state index in [0.29, 0.717) is 26.8 Å². The van der Waals surface area contributed by atoms with E-state index in [0.717, 1.165) is 15.6 Å². The van der Waals surface area contributed by atoms with Crippen LogP contribution >= 0.6 is 27.3 Å². The fraction of sp³-hybridized carbons (Fsp3) is 0.100. The fourth-order valence-electron chi connectivity index (χ4n) is 2.75. The Balaban J connectivity index is 1.75. The number of ether oxygens (including phenoxy) is 2. The highest BCUT2D eigenvalue weighted by Crippen LogP contribution is 2.29. The van der Waals surface area contributed by atoms with Gasteiger partial charge in [-0.3, -0.25) is 9.59 Å². The van der Waals surface area contributed by atoms with Gasteiger partial charge >= 0.3 is 5.97 Å². The summed E-state index contributed by atoms with van der Waals surface area (Å²) in [5, 5.41) is 4.36. The molecule has 2 aromatic heterocycles. The number of carbonyl (C=O) groups is 1. The van der Waals surface area contributed by atoms with Crippen molar-refractivity contribution in [2.45, 2.75) is 6.92 Å². The van der Waals surface area contributed by atoms with Gasteiger partial charge in [-0.2, -0.15) is 9.50 Å². The molecule has 9 heteroatoms. The van der Waals surface area contributed by atoms with Gasteiger partial charge < -0.3 is 9.47 Å². The predicted molar refractivity (Wildman–Crippen MR) is 113 cm³/mol. The number of halogens is 1. The van der Waals surface area contributed by atoms with Crippen LogP contribution in [0.15, 0.2) is 51.7 Å². The molecule has 0 atom stereocenters. The maximum absolute atomic E-state index is 12.8. The zero-order valence-electron chi connectivity index (χ0n) is 15.4. The van der Waals surface area contributed by atoms with Crippen molar-refractivity contribution in [2.75, 3.05) is 7.11 Å². The van der Waals surface area contributed by atoms with Crippen LogP contribution in [0, 0.1) is 0 Å². The Bertz CT molecular complexity index is 1350. The topological polar surface area (TPSA) is 82.8 Å². The van der Waals surface area contributed by atoms with Crippen molar-refractivity contribution >= 4 is 44.3 Å². The minimum absolute atomic E-state index is 0.251. The van der Waals surface area contributed by atoms with Crippen LogP contribution in [0.5, 0.6) is 11.5 Å². The molecule has 0 aliphatic carbocycles. The summed E-state index contributed by atoms with van der Waals surface area (Å²) in [5.74, 6) is 0.769. The number of esters is 1. The minimum Gasteiger partial charge on any atom is -0.493 e. The average molecular weight is 472 g/mol. The quantitative estimate of drug-likeness (QED) is 0.336. The third kappa shape index (κ3) is 3.79. The number of hydrogen-bond acceptors (Lipinski definition) is 7. The molecule has 0 amide bonds. The molecule has 0 saturated heterocycles. The first-order valence-electron chi connectivity index (χ1n) is 8.49. The zero-order chi connectivity index (χ0) is 20.5. The standard InChI is InChI=1S/C20H14BrN3O4S/c1-11(25)28-15-8-7-12(9-16(15)27-2)10-17-19(26)24-20(29-17)22-18(23-24)13-5-3-4-6-14(13)21/h3-10H,1-2H3/b17-10-. The number of rotatable bonds is 4. The number of benzene rings is 2. The molecule has 0 aliphatic rings. The largest absolute Gasteiger partial charge is 0.493 e. The lowest BCUT2D eigenvalue weighted by Crippen LogP contribution is -2.23. The average Bonchev–Trinajstić information content (AvgIpc) is 3.22. The number of thiazole rings is 1. The Morgan fingerprint density at radius 1 is 1.21 bits per heavy atom. The van der Waals surface area contributed by atoms with Crippen LogP contribution < -0.4 is 19.6 Å². The van der Waals surface area contributed by atoms with Gasteiger partial charge in [-0.1, -0.05) is 45.5 Å². The first kappa shape index (κ1) is 19.3. The van der Waals surface area contributed by atoms with Gasteiger partial charge in [0.05, 0.1) is 11.6 Å². The lowest BCUT2D eigenvalue weighted by Gasteiger charge is -2.08. The summed E-state index contributed by atoms with van der Waals surface area (Å²) in [6, 6.07) is 12.6. The van der Waals surface area contributed by atoms with Crippen molar-refractivity contribution in [3.63, 3.8) is 0 Å². The SMILES string of the molecule is COc1cc(/C=c2\sc3nc(-c4ccccc4Br)nn3c2=O)ccc1OC(C)=O. The summed E-state index contributed by atoms with van der Waals surface area (Å²) < 4.78 is 13.0. The van der Waals surface area contributed by atoms with Crippen molar-refractivity contribution in [3.05, 3.63) is 67.4 Å². The molecule has 7 nitrogen and oxygen atoms in total. The van der Waals surface area contributed by atoms with E-state index in [2.05, 4.69) is 26.0 Å². The summed E-state index contributed by atoms with van der Waals surface area (Å²) in [6.07, 6.45) is 1.72. The molecule has 146 valence electrons. The molecule has 0 aliphatic heterocycles. The molecule has 2 aromatic carbocycles. The number of methoxy groups -OCH3 is 1. The minimum atomic E-state index is -0.437. The molecule has 0 fully saturated rings. The van der Waals surface area contributed by atoms with Crippen LogP contribution in [0.1, 0.15) is 12.5 Å². The third-order valence-corrected chi connectivity index (χ3v) is 5.69. The molecule has 0 unspecified atom stereocenters. The van der Waals surface area contributed by atoms with Crippen molar-refractivity contribution in [2.24, 2.45) is 0 Å². The summed E-state index contributed by atoms with van der Waals surface area (Å²) in [4.78, 5) is 28.9. The van der Waals surface area contributed by atoms with E-state index < -0.39 is 5.97 Å². The van der Waals surface area contributed by atoms with Gasteiger partial charge in [-0.25, -0.2) is 0 Å². The smallest absolute Gasteiger partial charge is 0.308 e. The van der Waals surface area contributed by atoms with Gasteiger partial charge in [0, 0.05) is 17.0 Å². The van der Waals surface area contributed by atoms with Gasteiger partial charge in [0.2, 0.25) is 4.96 Å². The van der Waals surface area contributed by atoms with E-state index >= 15 is 0 Å². The first-order chi connectivity index (χ1) is 14.0. The van der Waals surface area contributed by atoms with E-state index in [9.17, 15) is 9.59 Å². The number of aromatic nitrogens is 3. The van der Waals surface area contributed by atoms with E-state index in [4.69, 9.17) is 9.47 Å². The van der Waals surface area contributed by atoms with Crippen LogP contribution in [0.3, 0.4) is 0 Å². The van der Waals surface area contributed by atoms with Gasteiger partial charge in [-0.05, 0) is 35.9 Å². The maximum atomic E-state index is 12.8. The lowest BCUT2D eigenvalue weighted by atomic mass is 10.2. The lowest BCUT2D eigenvalue weighted by molar-refractivity contribution is -0.132. The molecule has 29 heavy (non-hydrogen) atoms. The summed E-state index contributed by atoms with van der Waals surface area (Å²) in [7, 11) is 1.48. The van der Waals surface area contributed by atoms with Crippen molar-refractivity contribution in [1.82, 2.24) is 14.6 Å². The van der Waals surface area contributed by atoms with E-state index in [1.54, 1.807) is 24.3 Å². The number of carbonyl (C=O) groups excluding carboxylic acids is 1. The Kier molecular flexibility index (Phi) is 5.16. The van der Waals surface area contributed by atoms with Gasteiger partial charge in [0.1, 0.15) is 0 Å². The normalized spacial score (nSPS) is 11.8. The van der Waals surface area contributed by atoms with Crippen LogP contribution in [0.4, 0.5) is 0 Å². The first-order valence-corrected chi connectivity index (χ1v) is 10.1. The number of hydrogen-bond donors (Lipinski definition) is 0. The van der Waals surface area contributed by atoms with Crippen LogP contribution in [-0.2, 0) is 4.79 Å². The number of fused-ring (bicyclic) bond motifs is 1. The molecule has 0 bridgehead atoms. The molecule has 0 spiro atoms. The molecule has 0 saturated carbocycles. The molecular formula is C20H14BrN3O4S. The molecule has 0 N–H and O–H groups in total. The third-order valence-electron chi connectivity index (χ3n) is 4.04. The van der Waals surface area contributed by atoms with Crippen LogP contribution in [0.25, 0.3) is 22.4 Å². The highest BCUT2D eigenvalue weighted by atomic mass is 79.9. The molecule has 0 radical (unpaired) electrons. The Morgan fingerprint density at radius 2 is 2.00 bits per heavy atom. The van der Waals surface area contributed by atoms with E-state index in [1.807, 2.05) is 24.3 Å². The predicted octanol–water partition coefficient (Wildman–Crippen LogP) is 3.06. The second kappa shape index (κ2) is 7.76. The zero-order valence-corrected chi connectivity index (χ0v) is 17.8. The monoisotopic (exact) mass is 471 g/mol. The second-order valence-electron chi connectivity index (χ2n) is 6.03. The molecule has 2 heterocycles. The maximum Gasteiger partial charge on any atom is 0.308 e. The van der Waals surface area contributed by atoms with E-state index in [-0.39, 0.29) is 5.56 Å². The number of nitrogens with zero attached hydrogens (tertiary/aromatic N) is 3. The highest BCUT2D eigenvalue weighted by Gasteiger charge is 2.14. The van der Waals surface area contributed by atoms with Crippen LogP contribution in [0.2, 0.25) is 0 Å². The van der Waals surface area contributed by atoms with Crippen molar-refractivity contribution in [3.8, 4) is 22.9 Å². The summed E-state index contributed by atoms with van der Waals surface area (Å²) in [6.45, 7) is 1.32. The van der Waals surface area contributed by atoms with Gasteiger partial charge in [-0.15, -0.1) is 5.10 Å². The Labute approximate surface area is 177 Å². The second-order valence-corrected chi connectivity index (χ2v) is 7.89. The van der Waals surface area contributed by atoms with Gasteiger partial charge in [0.25, 0.3) is 5.56 Å². The molecule has 4 rings (SSSR count). The Morgan fingerprint density at radius 3 is 2.69 bits per heavy atom. The fourth-order valence-corrected chi connectivity index (χ4v) is 4.12.